The first-order valence-corrected chi connectivity index (χ1v) is 10.7. The van der Waals surface area contributed by atoms with Gasteiger partial charge in [-0.25, -0.2) is 9.97 Å². The van der Waals surface area contributed by atoms with Gasteiger partial charge in [-0.15, -0.1) is 11.3 Å². The molecule has 9 heteroatoms. The van der Waals surface area contributed by atoms with Gasteiger partial charge in [0.2, 0.25) is 0 Å². The van der Waals surface area contributed by atoms with E-state index < -0.39 is 0 Å². The highest BCUT2D eigenvalue weighted by molar-refractivity contribution is 8.00. The summed E-state index contributed by atoms with van der Waals surface area (Å²) in [6.07, 6.45) is 2.00. The number of fused-ring (bicyclic) bond motifs is 3. The molecule has 0 atom stereocenters. The van der Waals surface area contributed by atoms with Crippen molar-refractivity contribution in [1.82, 2.24) is 9.97 Å². The Morgan fingerprint density at radius 3 is 2.36 bits per heavy atom. The second kappa shape index (κ2) is 6.74. The van der Waals surface area contributed by atoms with E-state index in [1.54, 1.807) is 41.3 Å². The highest BCUT2D eigenvalue weighted by Crippen LogP contribution is 2.38. The number of thioether (sulfide) groups is 1. The number of rotatable bonds is 3. The van der Waals surface area contributed by atoms with Crippen LogP contribution in [0.2, 0.25) is 10.0 Å². The summed E-state index contributed by atoms with van der Waals surface area (Å²) in [4.78, 5) is 21.5. The minimum atomic E-state index is -0.297. The Labute approximate surface area is 165 Å². The molecular weight excluding hydrogens is 417 g/mol. The van der Waals surface area contributed by atoms with E-state index in [1.807, 2.05) is 18.4 Å². The van der Waals surface area contributed by atoms with Crippen LogP contribution in [0.5, 0.6) is 0 Å². The summed E-state index contributed by atoms with van der Waals surface area (Å²) in [7, 11) is 0. The molecule has 0 aliphatic rings. The van der Waals surface area contributed by atoms with E-state index in [2.05, 4.69) is 15.3 Å². The Balaban J connectivity index is 1.70. The van der Waals surface area contributed by atoms with Crippen LogP contribution in [0, 0.1) is 0 Å². The fourth-order valence-electron chi connectivity index (χ4n) is 2.35. The van der Waals surface area contributed by atoms with Gasteiger partial charge in [0.15, 0.2) is 9.47 Å². The molecule has 4 rings (SSSR count). The Kier molecular flexibility index (Phi) is 4.59. The van der Waals surface area contributed by atoms with Crippen molar-refractivity contribution >= 4 is 89.1 Å². The number of nitrogens with zero attached hydrogens (tertiary/aromatic N) is 2. The number of anilines is 1. The summed E-state index contributed by atoms with van der Waals surface area (Å²) in [6, 6.07) is 8.60. The highest BCUT2D eigenvalue weighted by Gasteiger charge is 2.14. The smallest absolute Gasteiger partial charge is 0.257 e. The summed E-state index contributed by atoms with van der Waals surface area (Å²) in [6.45, 7) is 0. The van der Waals surface area contributed by atoms with Crippen LogP contribution in [-0.2, 0) is 0 Å². The summed E-state index contributed by atoms with van der Waals surface area (Å²) in [5.41, 5.74) is 2.18. The second-order valence-corrected chi connectivity index (χ2v) is 9.00. The van der Waals surface area contributed by atoms with Crippen molar-refractivity contribution < 1.29 is 4.79 Å². The van der Waals surface area contributed by atoms with Crippen molar-refractivity contribution in [3.63, 3.8) is 0 Å². The van der Waals surface area contributed by atoms with E-state index >= 15 is 0 Å². The van der Waals surface area contributed by atoms with Crippen LogP contribution in [0.4, 0.5) is 5.13 Å². The zero-order chi connectivity index (χ0) is 17.6. The minimum absolute atomic E-state index is 0.297. The fourth-order valence-corrected chi connectivity index (χ4v) is 5.53. The first kappa shape index (κ1) is 17.1. The molecule has 2 heterocycles. The molecule has 2 aromatic heterocycles. The summed E-state index contributed by atoms with van der Waals surface area (Å²) >= 11 is 16.6. The minimum Gasteiger partial charge on any atom is -0.298 e. The van der Waals surface area contributed by atoms with Crippen LogP contribution in [0.25, 0.3) is 20.4 Å². The first-order valence-electron chi connectivity index (χ1n) is 7.05. The molecule has 0 saturated carbocycles. The summed E-state index contributed by atoms with van der Waals surface area (Å²) in [5.74, 6) is -0.297. The molecule has 1 amide bonds. The number of aromatic nitrogens is 2. The zero-order valence-corrected chi connectivity index (χ0v) is 16.6. The maximum absolute atomic E-state index is 12.4. The maximum atomic E-state index is 12.4. The maximum Gasteiger partial charge on any atom is 0.257 e. The number of carbonyl (C=O) groups is 1. The van der Waals surface area contributed by atoms with Gasteiger partial charge in [-0.2, -0.15) is 0 Å². The lowest BCUT2D eigenvalue weighted by molar-refractivity contribution is 0.102. The lowest BCUT2D eigenvalue weighted by Crippen LogP contribution is -2.11. The van der Waals surface area contributed by atoms with Crippen LogP contribution in [0.3, 0.4) is 0 Å². The van der Waals surface area contributed by atoms with Crippen molar-refractivity contribution in [2.24, 2.45) is 0 Å². The third kappa shape index (κ3) is 3.35. The van der Waals surface area contributed by atoms with E-state index in [4.69, 9.17) is 23.2 Å². The molecular formula is C16H9Cl2N3OS3. The number of nitrogens with one attached hydrogen (secondary N) is 1. The van der Waals surface area contributed by atoms with Crippen LogP contribution >= 0.6 is 57.6 Å². The van der Waals surface area contributed by atoms with Crippen LogP contribution in [0.1, 0.15) is 10.4 Å². The quantitative estimate of drug-likeness (QED) is 0.397. The zero-order valence-electron chi connectivity index (χ0n) is 12.7. The molecule has 0 aliphatic carbocycles. The van der Waals surface area contributed by atoms with Crippen LogP contribution in [-0.4, -0.2) is 22.1 Å². The number of hydrogen-bond donors (Lipinski definition) is 1. The Morgan fingerprint density at radius 1 is 1.04 bits per heavy atom. The Hall–Kier alpha value is -1.38. The second-order valence-electron chi connectivity index (χ2n) is 5.08. The van der Waals surface area contributed by atoms with Crippen molar-refractivity contribution in [1.29, 1.82) is 0 Å². The van der Waals surface area contributed by atoms with Crippen molar-refractivity contribution in [2.75, 3.05) is 11.6 Å². The lowest BCUT2D eigenvalue weighted by Gasteiger charge is -2.02. The molecule has 0 bridgehead atoms. The highest BCUT2D eigenvalue weighted by atomic mass is 35.5. The first-order chi connectivity index (χ1) is 12.0. The number of thiazole rings is 2. The van der Waals surface area contributed by atoms with Gasteiger partial charge < -0.3 is 0 Å². The molecule has 0 unspecified atom stereocenters. The summed E-state index contributed by atoms with van der Waals surface area (Å²) < 4.78 is 3.12. The Morgan fingerprint density at radius 2 is 1.68 bits per heavy atom. The van der Waals surface area contributed by atoms with E-state index in [1.165, 1.54) is 11.3 Å². The van der Waals surface area contributed by atoms with Gasteiger partial charge >= 0.3 is 0 Å². The van der Waals surface area contributed by atoms with Crippen molar-refractivity contribution in [3.05, 3.63) is 45.9 Å². The van der Waals surface area contributed by atoms with E-state index in [9.17, 15) is 4.79 Å². The molecule has 4 aromatic rings. The third-order valence-electron chi connectivity index (χ3n) is 3.41. The average Bonchev–Trinajstić information content (AvgIpc) is 3.16. The molecule has 0 spiro atoms. The summed E-state index contributed by atoms with van der Waals surface area (Å²) in [5, 5.41) is 4.18. The number of halogens is 2. The number of hydrogen-bond acceptors (Lipinski definition) is 6. The van der Waals surface area contributed by atoms with E-state index in [-0.39, 0.29) is 5.91 Å². The van der Waals surface area contributed by atoms with Gasteiger partial charge in [0.25, 0.3) is 5.91 Å². The van der Waals surface area contributed by atoms with Gasteiger partial charge in [-0.3, -0.25) is 10.1 Å². The largest absolute Gasteiger partial charge is 0.298 e. The predicted molar refractivity (Wildman–Crippen MR) is 109 cm³/mol. The van der Waals surface area contributed by atoms with Crippen molar-refractivity contribution in [2.45, 2.75) is 4.34 Å². The molecule has 0 aliphatic heterocycles. The predicted octanol–water partition coefficient (Wildman–Crippen LogP) is 6.19. The van der Waals surface area contributed by atoms with E-state index in [0.717, 1.165) is 24.8 Å². The third-order valence-corrected chi connectivity index (χ3v) is 7.06. The molecule has 0 saturated heterocycles. The monoisotopic (exact) mass is 425 g/mol. The van der Waals surface area contributed by atoms with Crippen LogP contribution in [0.15, 0.2) is 34.7 Å². The molecule has 2 aromatic carbocycles. The number of benzene rings is 2. The fraction of sp³-hybridized carbons (Fsp3) is 0.0625. The number of amides is 1. The molecule has 4 nitrogen and oxygen atoms in total. The van der Waals surface area contributed by atoms with Crippen LogP contribution < -0.4 is 5.32 Å². The van der Waals surface area contributed by atoms with Gasteiger partial charge in [0.05, 0.1) is 20.4 Å². The molecule has 126 valence electrons. The number of carbonyl (C=O) groups excluding carboxylic acids is 1. The van der Waals surface area contributed by atoms with Gasteiger partial charge in [-0.05, 0) is 36.6 Å². The SMILES string of the molecule is CSc1nc2ccc3nc(NC(=O)c4cc(Cl)cc(Cl)c4)sc3c2s1. The topological polar surface area (TPSA) is 54.9 Å². The lowest BCUT2D eigenvalue weighted by atomic mass is 10.2. The molecule has 0 fully saturated rings. The van der Waals surface area contributed by atoms with Crippen molar-refractivity contribution in [3.8, 4) is 0 Å². The molecule has 25 heavy (non-hydrogen) atoms. The van der Waals surface area contributed by atoms with Gasteiger partial charge in [0.1, 0.15) is 0 Å². The van der Waals surface area contributed by atoms with Gasteiger partial charge in [0, 0.05) is 15.6 Å². The standard InChI is InChI=1S/C16H9Cl2N3OS3/c1-23-16-20-11-3-2-10-12(13(11)25-16)24-15(19-10)21-14(22)7-4-8(17)6-9(18)5-7/h2-6H,1H3,(H,19,21,22). The molecule has 0 radical (unpaired) electrons. The normalized spacial score (nSPS) is 11.3. The van der Waals surface area contributed by atoms with Gasteiger partial charge in [-0.1, -0.05) is 46.3 Å². The molecule has 1 N–H and O–H groups in total. The average molecular weight is 426 g/mol. The van der Waals surface area contributed by atoms with E-state index in [0.29, 0.717) is 20.7 Å². The Bertz CT molecular complexity index is 1100.